The molecular weight excluding hydrogens is 178 g/mol. The molecule has 0 spiro atoms. The first-order valence-electron chi connectivity index (χ1n) is 4.81. The van der Waals surface area contributed by atoms with Gasteiger partial charge in [-0.15, -0.1) is 0 Å². The summed E-state index contributed by atoms with van der Waals surface area (Å²) in [7, 11) is 0. The molecular formula is C11H21NO2. The Kier molecular flexibility index (Phi) is 13.1. The second kappa shape index (κ2) is 11.9. The van der Waals surface area contributed by atoms with Crippen LogP contribution in [-0.2, 0) is 4.74 Å². The summed E-state index contributed by atoms with van der Waals surface area (Å²) < 4.78 is 5.15. The fraction of sp³-hybridized carbons (Fsp3) is 0.545. The lowest BCUT2D eigenvalue weighted by Crippen LogP contribution is -2.04. The molecule has 0 unspecified atom stereocenters. The minimum atomic E-state index is 0.123. The standard InChI is InChI=1S/C9H15NO2.C2H6/c1-4-9(10-8(2)3)12-7-5-6-11;1-2/h4,11H,1-2,5-7H2,3H3;1-2H3. The van der Waals surface area contributed by atoms with Crippen molar-refractivity contribution in [2.24, 2.45) is 4.99 Å². The number of aliphatic hydroxyl groups excluding tert-OH is 1. The van der Waals surface area contributed by atoms with Crippen molar-refractivity contribution in [3.8, 4) is 0 Å². The van der Waals surface area contributed by atoms with Gasteiger partial charge in [0.15, 0.2) is 0 Å². The molecule has 0 saturated heterocycles. The largest absolute Gasteiger partial charge is 0.478 e. The van der Waals surface area contributed by atoms with Crippen LogP contribution in [0.4, 0.5) is 0 Å². The predicted molar refractivity (Wildman–Crippen MR) is 61.4 cm³/mol. The van der Waals surface area contributed by atoms with Crippen molar-refractivity contribution >= 4 is 5.90 Å². The van der Waals surface area contributed by atoms with E-state index in [4.69, 9.17) is 9.84 Å². The smallest absolute Gasteiger partial charge is 0.212 e. The van der Waals surface area contributed by atoms with Gasteiger partial charge in [0.2, 0.25) is 5.90 Å². The lowest BCUT2D eigenvalue weighted by molar-refractivity contribution is 0.228. The van der Waals surface area contributed by atoms with Gasteiger partial charge in [-0.3, -0.25) is 0 Å². The highest BCUT2D eigenvalue weighted by Gasteiger charge is 1.93. The van der Waals surface area contributed by atoms with Crippen molar-refractivity contribution in [2.75, 3.05) is 13.2 Å². The fourth-order valence-corrected chi connectivity index (χ4v) is 0.566. The van der Waals surface area contributed by atoms with Gasteiger partial charge in [0.25, 0.3) is 0 Å². The molecule has 1 N–H and O–H groups in total. The number of hydrogen-bond donors (Lipinski definition) is 1. The maximum atomic E-state index is 8.47. The molecule has 0 aliphatic rings. The second-order valence-electron chi connectivity index (χ2n) is 2.32. The Labute approximate surface area is 86.8 Å². The Morgan fingerprint density at radius 2 is 2.07 bits per heavy atom. The average molecular weight is 199 g/mol. The molecule has 3 nitrogen and oxygen atoms in total. The van der Waals surface area contributed by atoms with Crippen LogP contribution in [0.15, 0.2) is 29.9 Å². The molecule has 0 aromatic heterocycles. The molecule has 3 heteroatoms. The lowest BCUT2D eigenvalue weighted by atomic mass is 10.5. The number of nitrogens with zero attached hydrogens (tertiary/aromatic N) is 1. The van der Waals surface area contributed by atoms with E-state index in [9.17, 15) is 0 Å². The van der Waals surface area contributed by atoms with Crippen molar-refractivity contribution in [3.05, 3.63) is 24.9 Å². The molecule has 0 fully saturated rings. The van der Waals surface area contributed by atoms with Gasteiger partial charge in [-0.1, -0.05) is 27.0 Å². The van der Waals surface area contributed by atoms with Crippen molar-refractivity contribution in [1.82, 2.24) is 0 Å². The van der Waals surface area contributed by atoms with E-state index >= 15 is 0 Å². The number of aliphatic imine (C=N–C) groups is 1. The summed E-state index contributed by atoms with van der Waals surface area (Å²) in [4.78, 5) is 3.97. The quantitative estimate of drug-likeness (QED) is 0.420. The van der Waals surface area contributed by atoms with Gasteiger partial charge in [-0.2, -0.15) is 0 Å². The third kappa shape index (κ3) is 10.9. The van der Waals surface area contributed by atoms with E-state index in [-0.39, 0.29) is 6.61 Å². The van der Waals surface area contributed by atoms with Crippen LogP contribution in [0.2, 0.25) is 0 Å². The first-order valence-corrected chi connectivity index (χ1v) is 4.81. The first-order chi connectivity index (χ1) is 6.70. The van der Waals surface area contributed by atoms with Gasteiger partial charge in [0, 0.05) is 18.7 Å². The topological polar surface area (TPSA) is 41.8 Å². The maximum Gasteiger partial charge on any atom is 0.212 e. The van der Waals surface area contributed by atoms with E-state index in [1.165, 1.54) is 6.08 Å². The molecule has 0 heterocycles. The van der Waals surface area contributed by atoms with Gasteiger partial charge >= 0.3 is 0 Å². The lowest BCUT2D eigenvalue weighted by Gasteiger charge is -2.03. The summed E-state index contributed by atoms with van der Waals surface area (Å²) in [6.07, 6.45) is 2.12. The summed E-state index contributed by atoms with van der Waals surface area (Å²) >= 11 is 0. The van der Waals surface area contributed by atoms with Crippen molar-refractivity contribution < 1.29 is 9.84 Å². The van der Waals surface area contributed by atoms with Crippen LogP contribution in [0.5, 0.6) is 0 Å². The number of hydrogen-bond acceptors (Lipinski definition) is 3. The summed E-state index contributed by atoms with van der Waals surface area (Å²) in [6.45, 7) is 13.5. The maximum absolute atomic E-state index is 8.47. The van der Waals surface area contributed by atoms with E-state index in [1.807, 2.05) is 13.8 Å². The summed E-state index contributed by atoms with van der Waals surface area (Å²) in [6, 6.07) is 0. The molecule has 0 bridgehead atoms. The zero-order chi connectivity index (χ0) is 11.4. The predicted octanol–water partition coefficient (Wildman–Crippen LogP) is 2.53. The number of ether oxygens (including phenoxy) is 1. The summed E-state index contributed by atoms with van der Waals surface area (Å²) in [5.74, 6) is 0.455. The molecule has 82 valence electrons. The van der Waals surface area contributed by atoms with Crippen molar-refractivity contribution in [1.29, 1.82) is 0 Å². The van der Waals surface area contributed by atoms with Crippen molar-refractivity contribution in [3.63, 3.8) is 0 Å². The van der Waals surface area contributed by atoms with E-state index in [0.717, 1.165) is 0 Å². The van der Waals surface area contributed by atoms with Crippen LogP contribution in [0.25, 0.3) is 0 Å². The van der Waals surface area contributed by atoms with Crippen LogP contribution in [-0.4, -0.2) is 24.2 Å². The van der Waals surface area contributed by atoms with E-state index in [2.05, 4.69) is 18.2 Å². The highest BCUT2D eigenvalue weighted by atomic mass is 16.5. The highest BCUT2D eigenvalue weighted by molar-refractivity contribution is 5.87. The molecule has 0 amide bonds. The van der Waals surface area contributed by atoms with Gasteiger partial charge in [0.05, 0.1) is 6.61 Å². The zero-order valence-corrected chi connectivity index (χ0v) is 9.42. The Bertz CT molecular complexity index is 186. The average Bonchev–Trinajstić information content (AvgIpc) is 2.19. The van der Waals surface area contributed by atoms with Crippen LogP contribution < -0.4 is 0 Å². The third-order valence-electron chi connectivity index (χ3n) is 1.03. The summed E-state index contributed by atoms with van der Waals surface area (Å²) in [5.41, 5.74) is 0.675. The van der Waals surface area contributed by atoms with Gasteiger partial charge < -0.3 is 9.84 Å². The number of rotatable bonds is 5. The van der Waals surface area contributed by atoms with Crippen LogP contribution in [0.1, 0.15) is 27.2 Å². The molecule has 0 aliphatic heterocycles. The SMILES string of the molecule is C=CC(=NC(=C)C)OCCCO.CC. The molecule has 0 aliphatic carbocycles. The van der Waals surface area contributed by atoms with Gasteiger partial charge in [0.1, 0.15) is 0 Å². The molecule has 0 saturated carbocycles. The second-order valence-corrected chi connectivity index (χ2v) is 2.32. The molecule has 0 aromatic carbocycles. The normalized spacial score (nSPS) is 9.86. The molecule has 0 atom stereocenters. The van der Waals surface area contributed by atoms with E-state index in [0.29, 0.717) is 24.6 Å². The molecule has 0 aromatic rings. The highest BCUT2D eigenvalue weighted by Crippen LogP contribution is 1.94. The van der Waals surface area contributed by atoms with E-state index in [1.54, 1.807) is 6.92 Å². The van der Waals surface area contributed by atoms with Crippen LogP contribution in [0.3, 0.4) is 0 Å². The first kappa shape index (κ1) is 15.4. The fourth-order valence-electron chi connectivity index (χ4n) is 0.566. The minimum Gasteiger partial charge on any atom is -0.478 e. The Hall–Kier alpha value is -1.09. The molecule has 0 radical (unpaired) electrons. The third-order valence-corrected chi connectivity index (χ3v) is 1.03. The molecule has 14 heavy (non-hydrogen) atoms. The zero-order valence-electron chi connectivity index (χ0n) is 9.42. The number of aliphatic hydroxyl groups is 1. The van der Waals surface area contributed by atoms with E-state index < -0.39 is 0 Å². The van der Waals surface area contributed by atoms with Gasteiger partial charge in [-0.05, 0) is 13.0 Å². The van der Waals surface area contributed by atoms with Crippen molar-refractivity contribution in [2.45, 2.75) is 27.2 Å². The monoisotopic (exact) mass is 199 g/mol. The Balaban J connectivity index is 0. The summed E-state index contributed by atoms with van der Waals surface area (Å²) in [5, 5.41) is 8.47. The van der Waals surface area contributed by atoms with Crippen LogP contribution >= 0.6 is 0 Å². The number of allylic oxidation sites excluding steroid dienone is 1. The van der Waals surface area contributed by atoms with Crippen LogP contribution in [0, 0.1) is 0 Å². The van der Waals surface area contributed by atoms with Gasteiger partial charge in [-0.25, -0.2) is 4.99 Å². The Morgan fingerprint density at radius 1 is 1.50 bits per heavy atom. The minimum absolute atomic E-state index is 0.123. The molecule has 0 rings (SSSR count). The Morgan fingerprint density at radius 3 is 2.43 bits per heavy atom.